The Morgan fingerprint density at radius 1 is 1.62 bits per heavy atom. The second-order valence-electron chi connectivity index (χ2n) is 2.36. The lowest BCUT2D eigenvalue weighted by atomic mass is 9.96. The SMILES string of the molecule is [2H]c1nc(C2([2H])C([2H])([2H])COCC2([2H])[2H])c([2H])c([2H])c1Br. The zero-order valence-electron chi connectivity index (χ0n) is 14.6. The van der Waals surface area contributed by atoms with Crippen LogP contribution in [0.5, 0.6) is 0 Å². The van der Waals surface area contributed by atoms with Gasteiger partial charge in [0.25, 0.3) is 0 Å². The molecule has 13 heavy (non-hydrogen) atoms. The molecule has 3 heteroatoms. The first-order valence-corrected chi connectivity index (χ1v) is 4.46. The van der Waals surface area contributed by atoms with Gasteiger partial charge in [-0.1, -0.05) is 0 Å². The van der Waals surface area contributed by atoms with Crippen LogP contribution in [0.1, 0.15) is 35.3 Å². The summed E-state index contributed by atoms with van der Waals surface area (Å²) in [6, 6.07) is -0.989. The highest BCUT2D eigenvalue weighted by Gasteiger charge is 2.16. The largest absolute Gasteiger partial charge is 0.381 e. The average Bonchev–Trinajstić information content (AvgIpc) is 2.37. The van der Waals surface area contributed by atoms with E-state index >= 15 is 0 Å². The molecule has 0 bridgehead atoms. The number of nitrogens with zero attached hydrogens (tertiary/aromatic N) is 1. The van der Waals surface area contributed by atoms with Gasteiger partial charge in [-0.3, -0.25) is 4.98 Å². The highest BCUT2D eigenvalue weighted by atomic mass is 79.9. The van der Waals surface area contributed by atoms with Crippen molar-refractivity contribution in [3.05, 3.63) is 28.4 Å². The molecule has 1 aromatic heterocycles. The van der Waals surface area contributed by atoms with Crippen LogP contribution in [0.15, 0.2) is 22.7 Å². The summed E-state index contributed by atoms with van der Waals surface area (Å²) in [4.78, 5) is 3.71. The molecule has 2 nitrogen and oxygen atoms in total. The molecule has 0 radical (unpaired) electrons. The Kier molecular flexibility index (Phi) is 1.17. The van der Waals surface area contributed by atoms with Crippen LogP contribution in [-0.4, -0.2) is 18.2 Å². The number of pyridine rings is 1. The van der Waals surface area contributed by atoms with Crippen molar-refractivity contribution >= 4 is 15.9 Å². The van der Waals surface area contributed by atoms with E-state index in [-0.39, 0.29) is 4.47 Å². The Balaban J connectivity index is 2.78. The van der Waals surface area contributed by atoms with Crippen LogP contribution in [0.3, 0.4) is 0 Å². The highest BCUT2D eigenvalue weighted by Crippen LogP contribution is 2.25. The van der Waals surface area contributed by atoms with Gasteiger partial charge in [0.2, 0.25) is 0 Å². The molecule has 0 saturated carbocycles. The van der Waals surface area contributed by atoms with Gasteiger partial charge in [0.05, 0.1) is 4.11 Å². The van der Waals surface area contributed by atoms with Gasteiger partial charge in [0.1, 0.15) is 0 Å². The second-order valence-corrected chi connectivity index (χ2v) is 3.15. The van der Waals surface area contributed by atoms with Gasteiger partial charge in [-0.25, -0.2) is 0 Å². The van der Waals surface area contributed by atoms with Crippen molar-refractivity contribution in [2.75, 3.05) is 13.2 Å². The summed E-state index contributed by atoms with van der Waals surface area (Å²) in [5, 5.41) is 0. The molecule has 0 N–H and O–H groups in total. The maximum absolute atomic E-state index is 8.38. The van der Waals surface area contributed by atoms with Gasteiger partial charge in [0.15, 0.2) is 0 Å². The van der Waals surface area contributed by atoms with E-state index in [0.29, 0.717) is 0 Å². The van der Waals surface area contributed by atoms with E-state index in [1.807, 2.05) is 0 Å². The molecular formula is C10H12BrNO. The first-order valence-electron chi connectivity index (χ1n) is 7.67. The number of hydrogen-bond donors (Lipinski definition) is 0. The predicted octanol–water partition coefficient (Wildman–Crippen LogP) is 2.74. The third-order valence-electron chi connectivity index (χ3n) is 1.50. The Morgan fingerprint density at radius 2 is 2.38 bits per heavy atom. The van der Waals surface area contributed by atoms with Crippen LogP contribution >= 0.6 is 15.9 Å². The highest BCUT2D eigenvalue weighted by molar-refractivity contribution is 9.10. The minimum atomic E-state index is -2.54. The Labute approximate surface area is 97.7 Å². The molecule has 0 atom stereocenters. The molecule has 1 saturated heterocycles. The molecular weight excluding hydrogens is 230 g/mol. The van der Waals surface area contributed by atoms with Gasteiger partial charge in [0, 0.05) is 42.3 Å². The maximum Gasteiger partial charge on any atom is 0.0852 e. The van der Waals surface area contributed by atoms with Crippen molar-refractivity contribution in [1.29, 1.82) is 0 Å². The van der Waals surface area contributed by atoms with Gasteiger partial charge in [-0.2, -0.15) is 0 Å². The van der Waals surface area contributed by atoms with Gasteiger partial charge in [-0.15, -0.1) is 0 Å². The average molecular weight is 250 g/mol. The second kappa shape index (κ2) is 4.20. The molecule has 0 amide bonds. The van der Waals surface area contributed by atoms with Crippen molar-refractivity contribution in [2.45, 2.75) is 18.6 Å². The fraction of sp³-hybridized carbons (Fsp3) is 0.500. The van der Waals surface area contributed by atoms with E-state index in [0.717, 1.165) is 0 Å². The van der Waals surface area contributed by atoms with Crippen molar-refractivity contribution in [2.24, 2.45) is 0 Å². The number of hydrogen-bond acceptors (Lipinski definition) is 2. The lowest BCUT2D eigenvalue weighted by Crippen LogP contribution is -2.14. The molecule has 0 aromatic carbocycles. The van der Waals surface area contributed by atoms with E-state index in [4.69, 9.17) is 15.7 Å². The molecule has 1 fully saturated rings. The minimum Gasteiger partial charge on any atom is -0.381 e. The normalized spacial score (nSPS) is 37.9. The van der Waals surface area contributed by atoms with Gasteiger partial charge in [-0.05, 0) is 40.8 Å². The number of ether oxygens (including phenoxy) is 1. The van der Waals surface area contributed by atoms with Crippen LogP contribution in [0, 0.1) is 0 Å². The van der Waals surface area contributed by atoms with Gasteiger partial charge < -0.3 is 4.74 Å². The zero-order valence-corrected chi connectivity index (χ0v) is 8.23. The number of rotatable bonds is 1. The first-order chi connectivity index (χ1) is 9.46. The Bertz CT molecular complexity index is 577. The zero-order chi connectivity index (χ0) is 16.2. The van der Waals surface area contributed by atoms with E-state index in [9.17, 15) is 0 Å². The number of aromatic nitrogens is 1. The first kappa shape index (κ1) is 3.63. The molecule has 0 unspecified atom stereocenters. The molecule has 1 aromatic rings. The summed E-state index contributed by atoms with van der Waals surface area (Å²) in [6.45, 7) is -1.04. The van der Waals surface area contributed by atoms with Crippen molar-refractivity contribution < 1.29 is 15.7 Å². The van der Waals surface area contributed by atoms with Crippen LogP contribution in [-0.2, 0) is 4.74 Å². The van der Waals surface area contributed by atoms with E-state index < -0.39 is 55.8 Å². The molecule has 1 aliphatic rings. The fourth-order valence-electron chi connectivity index (χ4n) is 0.921. The molecule has 70 valence electrons. The lowest BCUT2D eigenvalue weighted by molar-refractivity contribution is 0.0845. The standard InChI is InChI=1S/C10H12BrNO/c11-9-1-2-10(12-7-9)8-3-5-13-6-4-8/h1-2,7-8H,3-6H2/i1D,2D,3D2,4D2,7D,8D. The summed E-state index contributed by atoms with van der Waals surface area (Å²) in [5.74, 6) is -2.54. The summed E-state index contributed by atoms with van der Waals surface area (Å²) < 4.78 is 68.2. The quantitative estimate of drug-likeness (QED) is 0.764. The van der Waals surface area contributed by atoms with Crippen LogP contribution in [0.2, 0.25) is 0 Å². The summed E-state index contributed by atoms with van der Waals surface area (Å²) in [6.07, 6.45) is -5.34. The topological polar surface area (TPSA) is 22.1 Å². The number of halogens is 1. The third-order valence-corrected chi connectivity index (χ3v) is 1.87. The summed E-state index contributed by atoms with van der Waals surface area (Å²) in [7, 11) is 0. The summed E-state index contributed by atoms with van der Waals surface area (Å²) >= 11 is 2.93. The van der Waals surface area contributed by atoms with Crippen LogP contribution in [0.4, 0.5) is 0 Å². The van der Waals surface area contributed by atoms with Gasteiger partial charge >= 0.3 is 0 Å². The smallest absolute Gasteiger partial charge is 0.0852 e. The van der Waals surface area contributed by atoms with E-state index in [1.165, 1.54) is 0 Å². The monoisotopic (exact) mass is 249 g/mol. The predicted molar refractivity (Wildman–Crippen MR) is 54.7 cm³/mol. The summed E-state index contributed by atoms with van der Waals surface area (Å²) in [5.41, 5.74) is -0.556. The molecule has 0 aliphatic carbocycles. The maximum atomic E-state index is 8.38. The minimum absolute atomic E-state index is 0.0481. The fourth-order valence-corrected chi connectivity index (χ4v) is 1.11. The molecule has 2 heterocycles. The molecule has 1 aliphatic heterocycles. The molecule has 2 rings (SSSR count). The third kappa shape index (κ3) is 2.29. The van der Waals surface area contributed by atoms with E-state index in [1.54, 1.807) is 0 Å². The van der Waals surface area contributed by atoms with Crippen LogP contribution in [0.25, 0.3) is 0 Å². The Hall–Kier alpha value is -0.410. The van der Waals surface area contributed by atoms with Crippen molar-refractivity contribution in [1.82, 2.24) is 4.98 Å². The van der Waals surface area contributed by atoms with Crippen molar-refractivity contribution in [3.63, 3.8) is 0 Å². The van der Waals surface area contributed by atoms with Crippen LogP contribution < -0.4 is 0 Å². The Morgan fingerprint density at radius 3 is 3.15 bits per heavy atom. The lowest BCUT2D eigenvalue weighted by Gasteiger charge is -2.21. The molecule has 0 spiro atoms. The van der Waals surface area contributed by atoms with E-state index in [2.05, 4.69) is 20.9 Å². The van der Waals surface area contributed by atoms with Crippen molar-refractivity contribution in [3.8, 4) is 0 Å².